The molecule has 2 rings (SSSR count). The van der Waals surface area contributed by atoms with Crippen LogP contribution in [0, 0.1) is 0 Å². The first kappa shape index (κ1) is 18.0. The van der Waals surface area contributed by atoms with Crippen LogP contribution in [-0.2, 0) is 25.0 Å². The van der Waals surface area contributed by atoms with Gasteiger partial charge >= 0.3 is 0 Å². The third-order valence-corrected chi connectivity index (χ3v) is 4.36. The molecule has 2 aromatic carbocycles. The van der Waals surface area contributed by atoms with Gasteiger partial charge in [0.05, 0.1) is 0 Å². The van der Waals surface area contributed by atoms with Crippen LogP contribution in [0.1, 0.15) is 6.92 Å². The number of benzene rings is 2. The van der Waals surface area contributed by atoms with Crippen LogP contribution < -0.4 is 0 Å². The zero-order valence-electron chi connectivity index (χ0n) is 11.2. The fourth-order valence-corrected chi connectivity index (χ4v) is 3.69. The number of carboxylic acids is 1. The van der Waals surface area contributed by atoms with Gasteiger partial charge in [0.25, 0.3) is 26.2 Å². The van der Waals surface area contributed by atoms with Crippen molar-refractivity contribution in [3.63, 3.8) is 0 Å². The van der Waals surface area contributed by atoms with Crippen molar-refractivity contribution in [2.24, 2.45) is 0 Å². The zero-order chi connectivity index (χ0) is 17.1. The van der Waals surface area contributed by atoms with Crippen LogP contribution in [-0.4, -0.2) is 37.0 Å². The van der Waals surface area contributed by atoms with Crippen LogP contribution in [0.4, 0.5) is 0 Å². The van der Waals surface area contributed by atoms with Crippen LogP contribution in [0.25, 0.3) is 10.8 Å². The van der Waals surface area contributed by atoms with Crippen molar-refractivity contribution in [3.8, 4) is 0 Å². The van der Waals surface area contributed by atoms with E-state index in [1.54, 1.807) is 12.1 Å². The van der Waals surface area contributed by atoms with E-state index >= 15 is 0 Å². The van der Waals surface area contributed by atoms with Crippen LogP contribution in [0.15, 0.2) is 46.2 Å². The Morgan fingerprint density at radius 2 is 1.41 bits per heavy atom. The second-order valence-corrected chi connectivity index (χ2v) is 6.83. The Balaban J connectivity index is 0.000000541. The standard InChI is InChI=1S/C10H8O6S2.C2H4O2/c11-17(12,13)9-6-5-7-3-1-2-4-8(7)10(9)18(14,15)16;1-2(3)4/h1-6H,(H,11,12,13)(H,14,15,16);1H3,(H,3,4). The molecule has 3 N–H and O–H groups in total. The van der Waals surface area contributed by atoms with E-state index in [-0.39, 0.29) is 5.39 Å². The Hall–Kier alpha value is -2.01. The van der Waals surface area contributed by atoms with Gasteiger partial charge in [0.1, 0.15) is 9.79 Å². The molecular weight excluding hydrogens is 336 g/mol. The highest BCUT2D eigenvalue weighted by molar-refractivity contribution is 7.89. The number of carboxylic acid groups (broad SMARTS) is 1. The van der Waals surface area contributed by atoms with Crippen LogP contribution in [0.5, 0.6) is 0 Å². The van der Waals surface area contributed by atoms with E-state index in [0.29, 0.717) is 5.39 Å². The molecule has 0 atom stereocenters. The summed E-state index contributed by atoms with van der Waals surface area (Å²) in [5.41, 5.74) is 0. The number of hydrogen-bond donors (Lipinski definition) is 3. The number of carbonyl (C=O) groups is 1. The van der Waals surface area contributed by atoms with Crippen molar-refractivity contribution >= 4 is 37.0 Å². The molecule has 0 saturated heterocycles. The topological polar surface area (TPSA) is 146 Å². The zero-order valence-corrected chi connectivity index (χ0v) is 12.8. The molecule has 10 heteroatoms. The predicted molar refractivity (Wildman–Crippen MR) is 76.9 cm³/mol. The molecule has 120 valence electrons. The quantitative estimate of drug-likeness (QED) is 0.691. The number of fused-ring (bicyclic) bond motifs is 1. The molecule has 0 bridgehead atoms. The molecule has 0 aliphatic heterocycles. The van der Waals surface area contributed by atoms with E-state index in [9.17, 15) is 16.8 Å². The molecule has 8 nitrogen and oxygen atoms in total. The molecule has 0 unspecified atom stereocenters. The maximum Gasteiger partial charge on any atom is 0.300 e. The van der Waals surface area contributed by atoms with Gasteiger partial charge in [0.15, 0.2) is 0 Å². The van der Waals surface area contributed by atoms with Crippen molar-refractivity contribution in [1.82, 2.24) is 0 Å². The average molecular weight is 348 g/mol. The third kappa shape index (κ3) is 4.49. The van der Waals surface area contributed by atoms with Crippen LogP contribution in [0.2, 0.25) is 0 Å². The van der Waals surface area contributed by atoms with Gasteiger partial charge in [-0.1, -0.05) is 30.3 Å². The van der Waals surface area contributed by atoms with E-state index in [1.165, 1.54) is 18.2 Å². The Morgan fingerprint density at radius 3 is 1.86 bits per heavy atom. The van der Waals surface area contributed by atoms with E-state index < -0.39 is 36.0 Å². The summed E-state index contributed by atoms with van der Waals surface area (Å²) in [6, 6.07) is 8.28. The second-order valence-electron chi connectivity index (χ2n) is 4.08. The van der Waals surface area contributed by atoms with Gasteiger partial charge in [-0.2, -0.15) is 16.8 Å². The number of hydrogen-bond acceptors (Lipinski definition) is 5. The van der Waals surface area contributed by atoms with Crippen molar-refractivity contribution in [1.29, 1.82) is 0 Å². The van der Waals surface area contributed by atoms with E-state index in [1.807, 2.05) is 0 Å². The molecule has 0 fully saturated rings. The molecule has 0 saturated carbocycles. The summed E-state index contributed by atoms with van der Waals surface area (Å²) in [6.07, 6.45) is 0. The maximum atomic E-state index is 11.3. The SMILES string of the molecule is CC(=O)O.O=S(=O)(O)c1ccc2ccccc2c1S(=O)(=O)O. The minimum atomic E-state index is -4.78. The van der Waals surface area contributed by atoms with Gasteiger partial charge in [-0.05, 0) is 11.5 Å². The van der Waals surface area contributed by atoms with Gasteiger partial charge < -0.3 is 5.11 Å². The molecule has 0 amide bonds. The Kier molecular flexibility index (Phi) is 5.25. The first-order valence-electron chi connectivity index (χ1n) is 5.61. The number of aliphatic carboxylic acids is 1. The molecule has 0 aromatic heterocycles. The van der Waals surface area contributed by atoms with Crippen LogP contribution in [0.3, 0.4) is 0 Å². The summed E-state index contributed by atoms with van der Waals surface area (Å²) >= 11 is 0. The maximum absolute atomic E-state index is 11.3. The first-order chi connectivity index (χ1) is 9.94. The molecule has 0 spiro atoms. The summed E-state index contributed by atoms with van der Waals surface area (Å²) < 4.78 is 63.0. The lowest BCUT2D eigenvalue weighted by Crippen LogP contribution is -2.09. The molecule has 2 aromatic rings. The van der Waals surface area contributed by atoms with Crippen molar-refractivity contribution < 1.29 is 35.8 Å². The average Bonchev–Trinajstić information content (AvgIpc) is 2.34. The lowest BCUT2D eigenvalue weighted by atomic mass is 10.1. The van der Waals surface area contributed by atoms with Gasteiger partial charge in [0.2, 0.25) is 0 Å². The van der Waals surface area contributed by atoms with Crippen molar-refractivity contribution in [2.45, 2.75) is 16.7 Å². The molecule has 22 heavy (non-hydrogen) atoms. The van der Waals surface area contributed by atoms with Gasteiger partial charge in [-0.3, -0.25) is 13.9 Å². The second kappa shape index (κ2) is 6.40. The van der Waals surface area contributed by atoms with E-state index in [4.69, 9.17) is 19.0 Å². The van der Waals surface area contributed by atoms with Crippen LogP contribution >= 0.6 is 0 Å². The Labute approximate surface area is 126 Å². The van der Waals surface area contributed by atoms with Gasteiger partial charge in [-0.15, -0.1) is 0 Å². The van der Waals surface area contributed by atoms with E-state index in [2.05, 4.69) is 0 Å². The minimum absolute atomic E-state index is 0.0233. The molecule has 0 aliphatic rings. The minimum Gasteiger partial charge on any atom is -0.481 e. The fraction of sp³-hybridized carbons (Fsp3) is 0.0833. The van der Waals surface area contributed by atoms with Gasteiger partial charge in [0, 0.05) is 12.3 Å². The summed E-state index contributed by atoms with van der Waals surface area (Å²) in [5.74, 6) is -0.833. The van der Waals surface area contributed by atoms with E-state index in [0.717, 1.165) is 13.0 Å². The highest BCUT2D eigenvalue weighted by Gasteiger charge is 2.26. The smallest absolute Gasteiger partial charge is 0.300 e. The summed E-state index contributed by atoms with van der Waals surface area (Å²) in [4.78, 5) is 7.34. The summed E-state index contributed by atoms with van der Waals surface area (Å²) in [6.45, 7) is 1.08. The Bertz CT molecular complexity index is 909. The van der Waals surface area contributed by atoms with Crippen molar-refractivity contribution in [3.05, 3.63) is 36.4 Å². The van der Waals surface area contributed by atoms with Gasteiger partial charge in [-0.25, -0.2) is 0 Å². The number of rotatable bonds is 2. The third-order valence-electron chi connectivity index (χ3n) is 2.38. The van der Waals surface area contributed by atoms with Crippen molar-refractivity contribution in [2.75, 3.05) is 0 Å². The normalized spacial score (nSPS) is 11.6. The lowest BCUT2D eigenvalue weighted by Gasteiger charge is -2.08. The summed E-state index contributed by atoms with van der Waals surface area (Å²) in [5, 5.41) is 7.87. The molecule has 0 aliphatic carbocycles. The molecular formula is C12H12O8S2. The predicted octanol–water partition coefficient (Wildman–Crippen LogP) is 1.42. The molecule has 0 heterocycles. The monoisotopic (exact) mass is 348 g/mol. The highest BCUT2D eigenvalue weighted by Crippen LogP contribution is 2.29. The Morgan fingerprint density at radius 1 is 0.909 bits per heavy atom. The fourth-order valence-electron chi connectivity index (χ4n) is 1.69. The lowest BCUT2D eigenvalue weighted by molar-refractivity contribution is -0.134. The first-order valence-corrected chi connectivity index (χ1v) is 8.49. The molecule has 0 radical (unpaired) electrons. The summed E-state index contributed by atoms with van der Waals surface area (Å²) in [7, 11) is -9.53. The highest BCUT2D eigenvalue weighted by atomic mass is 32.2. The largest absolute Gasteiger partial charge is 0.481 e.